The van der Waals surface area contributed by atoms with Crippen molar-refractivity contribution >= 4 is 17.9 Å². The second-order valence-electron chi connectivity index (χ2n) is 13.8. The smallest absolute Gasteiger partial charge is 0.362 e. The van der Waals surface area contributed by atoms with Gasteiger partial charge in [0.25, 0.3) is 0 Å². The quantitative estimate of drug-likeness (QED) is 0.0313. The second kappa shape index (κ2) is 33.9. The van der Waals surface area contributed by atoms with Crippen molar-refractivity contribution in [2.24, 2.45) is 0 Å². The zero-order chi connectivity index (χ0) is 37.8. The summed E-state index contributed by atoms with van der Waals surface area (Å²) in [5.74, 6) is -1.60. The molecule has 8 heteroatoms. The first-order valence-corrected chi connectivity index (χ1v) is 19.5. The highest BCUT2D eigenvalue weighted by atomic mass is 16.6. The summed E-state index contributed by atoms with van der Waals surface area (Å²) in [6.45, 7) is 4.45. The minimum absolute atomic E-state index is 0.0239. The van der Waals surface area contributed by atoms with Crippen LogP contribution in [0.4, 0.5) is 0 Å². The van der Waals surface area contributed by atoms with E-state index in [1.54, 1.807) is 0 Å². The molecule has 0 rings (SSSR count). The van der Waals surface area contributed by atoms with E-state index in [1.807, 2.05) is 33.3 Å². The SMILES string of the molecule is CC/C=C\C/C=C\C/C=C\C/C=C\CCC(=O)OC(COCCC(C(=O)O)[N+](C)(C)C)COC(=O)CCCCCCC/C=C\C/C=C\CCCC. The molecule has 0 aromatic carbocycles. The molecule has 0 fully saturated rings. The highest BCUT2D eigenvalue weighted by molar-refractivity contribution is 5.72. The minimum atomic E-state index is -0.892. The Morgan fingerprint density at radius 3 is 1.71 bits per heavy atom. The third kappa shape index (κ3) is 32.4. The van der Waals surface area contributed by atoms with Crippen LogP contribution in [0.15, 0.2) is 72.9 Å². The van der Waals surface area contributed by atoms with E-state index in [9.17, 15) is 19.5 Å². The normalized spacial score (nSPS) is 13.8. The van der Waals surface area contributed by atoms with Gasteiger partial charge in [0.05, 0.1) is 34.4 Å². The van der Waals surface area contributed by atoms with Crippen LogP contribution >= 0.6 is 0 Å². The lowest BCUT2D eigenvalue weighted by Gasteiger charge is -2.31. The summed E-state index contributed by atoms with van der Waals surface area (Å²) in [7, 11) is 5.48. The maximum atomic E-state index is 12.6. The molecule has 0 radical (unpaired) electrons. The lowest BCUT2D eigenvalue weighted by molar-refractivity contribution is -0.887. The van der Waals surface area contributed by atoms with E-state index in [2.05, 4.69) is 74.6 Å². The fourth-order valence-electron chi connectivity index (χ4n) is 5.06. The monoisotopic (exact) mass is 715 g/mol. The largest absolute Gasteiger partial charge is 0.477 e. The first-order chi connectivity index (χ1) is 24.6. The Labute approximate surface area is 311 Å². The molecule has 51 heavy (non-hydrogen) atoms. The standard InChI is InChI=1S/C43H71NO7/c1-6-8-10-12-14-16-18-20-22-23-25-27-29-31-33-41(45)50-38-39(37-49-36-35-40(43(47)48)44(3,4)5)51-42(46)34-32-30-28-26-24-21-19-17-15-13-11-9-7-2/h9,11-12,14-15,17-18,20-21,24,28,30,39-40H,6-8,10,13,16,19,22-23,25-27,29,31-38H2,1-5H3/p+1/b11-9-,14-12-,17-15-,20-18-,24-21-,30-28-. The fourth-order valence-corrected chi connectivity index (χ4v) is 5.06. The van der Waals surface area contributed by atoms with Crippen LogP contribution in [0.1, 0.15) is 129 Å². The molecule has 2 atom stereocenters. The van der Waals surface area contributed by atoms with Gasteiger partial charge < -0.3 is 23.8 Å². The van der Waals surface area contributed by atoms with Crippen LogP contribution in [0, 0.1) is 0 Å². The molecule has 0 aromatic rings. The number of likely N-dealkylation sites (N-methyl/N-ethyl adjacent to an activating group) is 1. The van der Waals surface area contributed by atoms with Crippen LogP contribution in [0.3, 0.4) is 0 Å². The van der Waals surface area contributed by atoms with Gasteiger partial charge >= 0.3 is 17.9 Å². The number of carboxylic acids is 1. The summed E-state index contributed by atoms with van der Waals surface area (Å²) >= 11 is 0. The predicted molar refractivity (Wildman–Crippen MR) is 210 cm³/mol. The average molecular weight is 715 g/mol. The van der Waals surface area contributed by atoms with Crippen molar-refractivity contribution in [1.82, 2.24) is 0 Å². The van der Waals surface area contributed by atoms with Crippen LogP contribution in [0.2, 0.25) is 0 Å². The fraction of sp³-hybridized carbons (Fsp3) is 0.651. The Morgan fingerprint density at radius 1 is 0.608 bits per heavy atom. The van der Waals surface area contributed by atoms with E-state index in [0.29, 0.717) is 19.3 Å². The average Bonchev–Trinajstić information content (AvgIpc) is 3.08. The summed E-state index contributed by atoms with van der Waals surface area (Å²) in [6, 6.07) is -0.631. The summed E-state index contributed by atoms with van der Waals surface area (Å²) in [5.41, 5.74) is 0. The number of nitrogens with zero attached hydrogens (tertiary/aromatic N) is 1. The highest BCUT2D eigenvalue weighted by Crippen LogP contribution is 2.11. The molecule has 0 saturated heterocycles. The van der Waals surface area contributed by atoms with Crippen LogP contribution < -0.4 is 0 Å². The van der Waals surface area contributed by atoms with Gasteiger partial charge in [-0.2, -0.15) is 0 Å². The molecular formula is C43H72NO7+. The van der Waals surface area contributed by atoms with Gasteiger partial charge in [-0.15, -0.1) is 0 Å². The van der Waals surface area contributed by atoms with E-state index < -0.39 is 24.1 Å². The Kier molecular flexibility index (Phi) is 31.7. The lowest BCUT2D eigenvalue weighted by Crippen LogP contribution is -2.50. The lowest BCUT2D eigenvalue weighted by atomic mass is 10.1. The Bertz CT molecular complexity index is 1060. The van der Waals surface area contributed by atoms with Gasteiger partial charge in [0.1, 0.15) is 6.61 Å². The van der Waals surface area contributed by atoms with Crippen LogP contribution in [-0.2, 0) is 28.6 Å². The molecular weight excluding hydrogens is 642 g/mol. The summed E-state index contributed by atoms with van der Waals surface area (Å²) in [5, 5.41) is 9.58. The number of allylic oxidation sites excluding steroid dienone is 12. The highest BCUT2D eigenvalue weighted by Gasteiger charge is 2.31. The number of esters is 2. The third-order valence-electron chi connectivity index (χ3n) is 8.10. The number of carbonyl (C=O) groups excluding carboxylic acids is 2. The number of aliphatic carboxylic acids is 1. The number of ether oxygens (including phenoxy) is 3. The van der Waals surface area contributed by atoms with Gasteiger partial charge in [-0.1, -0.05) is 119 Å². The molecule has 0 saturated carbocycles. The van der Waals surface area contributed by atoms with Crippen molar-refractivity contribution in [3.8, 4) is 0 Å². The van der Waals surface area contributed by atoms with Crippen LogP contribution in [-0.4, -0.2) is 80.6 Å². The maximum absolute atomic E-state index is 12.6. The summed E-state index contributed by atoms with van der Waals surface area (Å²) in [6.07, 6.45) is 41.0. The summed E-state index contributed by atoms with van der Waals surface area (Å²) < 4.78 is 17.1. The van der Waals surface area contributed by atoms with Crippen molar-refractivity contribution in [1.29, 1.82) is 0 Å². The van der Waals surface area contributed by atoms with E-state index >= 15 is 0 Å². The number of carboxylic acid groups (broad SMARTS) is 1. The molecule has 8 nitrogen and oxygen atoms in total. The van der Waals surface area contributed by atoms with Gasteiger partial charge in [0.2, 0.25) is 0 Å². The van der Waals surface area contributed by atoms with E-state index in [-0.39, 0.29) is 36.7 Å². The summed E-state index contributed by atoms with van der Waals surface area (Å²) in [4.78, 5) is 36.8. The topological polar surface area (TPSA) is 99.1 Å². The van der Waals surface area contributed by atoms with Crippen molar-refractivity contribution in [2.45, 2.75) is 142 Å². The Hall–Kier alpha value is -3.23. The molecule has 0 aromatic heterocycles. The van der Waals surface area contributed by atoms with Gasteiger partial charge in [-0.05, 0) is 64.2 Å². The number of rotatable bonds is 33. The molecule has 0 bridgehead atoms. The molecule has 290 valence electrons. The molecule has 0 aliphatic carbocycles. The Morgan fingerprint density at radius 2 is 1.14 bits per heavy atom. The zero-order valence-corrected chi connectivity index (χ0v) is 32.8. The second-order valence-corrected chi connectivity index (χ2v) is 13.8. The van der Waals surface area contributed by atoms with Gasteiger partial charge in [-0.3, -0.25) is 9.59 Å². The predicted octanol–water partition coefficient (Wildman–Crippen LogP) is 10.0. The number of quaternary nitrogens is 1. The van der Waals surface area contributed by atoms with Crippen molar-refractivity contribution < 1.29 is 38.2 Å². The number of hydrogen-bond donors (Lipinski definition) is 1. The maximum Gasteiger partial charge on any atom is 0.362 e. The first kappa shape index (κ1) is 47.8. The minimum Gasteiger partial charge on any atom is -0.477 e. The van der Waals surface area contributed by atoms with Gasteiger partial charge in [0, 0.05) is 19.3 Å². The van der Waals surface area contributed by atoms with Crippen molar-refractivity contribution in [2.75, 3.05) is 41.0 Å². The van der Waals surface area contributed by atoms with Crippen LogP contribution in [0.25, 0.3) is 0 Å². The number of unbranched alkanes of at least 4 members (excludes halogenated alkanes) is 7. The molecule has 1 N–H and O–H groups in total. The number of hydrogen-bond acceptors (Lipinski definition) is 6. The molecule has 0 heterocycles. The van der Waals surface area contributed by atoms with Gasteiger partial charge in [0.15, 0.2) is 12.1 Å². The van der Waals surface area contributed by atoms with Gasteiger partial charge in [-0.25, -0.2) is 4.79 Å². The third-order valence-corrected chi connectivity index (χ3v) is 8.10. The van der Waals surface area contributed by atoms with E-state index in [1.165, 1.54) is 19.3 Å². The molecule has 0 spiro atoms. The first-order valence-electron chi connectivity index (χ1n) is 19.5. The van der Waals surface area contributed by atoms with Crippen molar-refractivity contribution in [3.05, 3.63) is 72.9 Å². The molecule has 2 unspecified atom stereocenters. The Balaban J connectivity index is 4.56. The molecule has 0 amide bonds. The van der Waals surface area contributed by atoms with E-state index in [4.69, 9.17) is 14.2 Å². The van der Waals surface area contributed by atoms with Crippen molar-refractivity contribution in [3.63, 3.8) is 0 Å². The molecule has 0 aliphatic rings. The zero-order valence-electron chi connectivity index (χ0n) is 32.8. The van der Waals surface area contributed by atoms with E-state index in [0.717, 1.165) is 70.6 Å². The number of carbonyl (C=O) groups is 3. The molecule has 0 aliphatic heterocycles. The van der Waals surface area contributed by atoms with Crippen LogP contribution in [0.5, 0.6) is 0 Å².